The molecule has 20 heavy (non-hydrogen) atoms. The van der Waals surface area contributed by atoms with Crippen molar-refractivity contribution in [3.05, 3.63) is 29.8 Å². The first kappa shape index (κ1) is 16.3. The van der Waals surface area contributed by atoms with Crippen LogP contribution in [0.15, 0.2) is 24.3 Å². The van der Waals surface area contributed by atoms with Gasteiger partial charge in [0, 0.05) is 0 Å². The Hall–Kier alpha value is -1.76. The van der Waals surface area contributed by atoms with Gasteiger partial charge < -0.3 is 15.2 Å². The van der Waals surface area contributed by atoms with Gasteiger partial charge in [0.1, 0.15) is 11.9 Å². The second kappa shape index (κ2) is 5.70. The number of nitrogens with one attached hydrogen (secondary N) is 1. The first-order valence-electron chi connectivity index (χ1n) is 5.87. The summed E-state index contributed by atoms with van der Waals surface area (Å²) in [6.07, 6.45) is -5.90. The molecule has 0 saturated heterocycles. The van der Waals surface area contributed by atoms with E-state index in [1.54, 1.807) is 13.8 Å². The minimum Gasteiger partial charge on any atom is -0.406 e. The molecule has 0 aliphatic carbocycles. The Morgan fingerprint density at radius 3 is 2.15 bits per heavy atom. The number of halogens is 3. The highest BCUT2D eigenvalue weighted by Crippen LogP contribution is 2.26. The number of hydrogen-bond acceptors (Lipinski definition) is 3. The van der Waals surface area contributed by atoms with Crippen LogP contribution >= 0.6 is 0 Å². The summed E-state index contributed by atoms with van der Waals surface area (Å²) in [5.74, 6) is -0.899. The molecule has 0 spiro atoms. The molecule has 0 aliphatic heterocycles. The van der Waals surface area contributed by atoms with Gasteiger partial charge in [0.05, 0.1) is 5.54 Å². The summed E-state index contributed by atoms with van der Waals surface area (Å²) in [4.78, 5) is 11.5. The Balaban J connectivity index is 2.84. The highest BCUT2D eigenvalue weighted by molar-refractivity contribution is 5.80. The molecule has 0 radical (unpaired) electrons. The molecule has 1 aromatic carbocycles. The fourth-order valence-electron chi connectivity index (χ4n) is 1.56. The Morgan fingerprint density at radius 1 is 1.25 bits per heavy atom. The molecule has 0 heterocycles. The zero-order valence-corrected chi connectivity index (χ0v) is 11.3. The van der Waals surface area contributed by atoms with Crippen LogP contribution in [0, 0.1) is 0 Å². The van der Waals surface area contributed by atoms with Crippen LogP contribution in [0.25, 0.3) is 0 Å². The summed E-state index contributed by atoms with van der Waals surface area (Å²) in [5, 5.41) is 11.7. The van der Waals surface area contributed by atoms with Gasteiger partial charge in [-0.25, -0.2) is 0 Å². The summed E-state index contributed by atoms with van der Waals surface area (Å²) in [5.41, 5.74) is -0.244. The van der Waals surface area contributed by atoms with Crippen molar-refractivity contribution in [2.24, 2.45) is 0 Å². The van der Waals surface area contributed by atoms with Crippen molar-refractivity contribution < 1.29 is 27.8 Å². The average molecular weight is 291 g/mol. The third-order valence-corrected chi connectivity index (χ3v) is 2.62. The fraction of sp³-hybridized carbons (Fsp3) is 0.462. The lowest BCUT2D eigenvalue weighted by atomic mass is 9.94. The second-order valence-electron chi connectivity index (χ2n) is 4.86. The highest BCUT2D eigenvalue weighted by atomic mass is 19.4. The van der Waals surface area contributed by atoms with Crippen molar-refractivity contribution in [1.29, 1.82) is 0 Å². The summed E-state index contributed by atoms with van der Waals surface area (Å²) >= 11 is 0. The third kappa shape index (κ3) is 4.73. The molecule has 1 aromatic rings. The van der Waals surface area contributed by atoms with Crippen molar-refractivity contribution >= 4 is 5.91 Å². The molecule has 0 saturated carbocycles. The standard InChI is InChI=1S/C13H16F3NO3/c1-8(18)11(19)17-12(2,3)9-4-6-10(7-5-9)20-13(14,15)16/h4-8,18H,1-3H3,(H,17,19). The van der Waals surface area contributed by atoms with Crippen LogP contribution in [-0.4, -0.2) is 23.5 Å². The number of aliphatic hydroxyl groups is 1. The van der Waals surface area contributed by atoms with Gasteiger partial charge in [-0.3, -0.25) is 4.79 Å². The van der Waals surface area contributed by atoms with E-state index >= 15 is 0 Å². The number of benzene rings is 1. The molecule has 1 amide bonds. The van der Waals surface area contributed by atoms with E-state index in [1.165, 1.54) is 31.2 Å². The molecule has 1 unspecified atom stereocenters. The van der Waals surface area contributed by atoms with Crippen LogP contribution < -0.4 is 10.1 Å². The third-order valence-electron chi connectivity index (χ3n) is 2.62. The molecule has 0 aliphatic rings. The van der Waals surface area contributed by atoms with Gasteiger partial charge in [-0.15, -0.1) is 13.2 Å². The molecule has 1 rings (SSSR count). The number of hydrogen-bond donors (Lipinski definition) is 2. The predicted molar refractivity (Wildman–Crippen MR) is 66.0 cm³/mol. The summed E-state index contributed by atoms with van der Waals surface area (Å²) in [6.45, 7) is 4.67. The van der Waals surface area contributed by atoms with Crippen LogP contribution in [0.3, 0.4) is 0 Å². The van der Waals surface area contributed by atoms with Crippen LogP contribution in [-0.2, 0) is 10.3 Å². The topological polar surface area (TPSA) is 58.6 Å². The predicted octanol–water partition coefficient (Wildman–Crippen LogP) is 2.32. The van der Waals surface area contributed by atoms with E-state index in [4.69, 9.17) is 5.11 Å². The first-order chi connectivity index (χ1) is 9.01. The normalized spacial score (nSPS) is 13.8. The second-order valence-corrected chi connectivity index (χ2v) is 4.86. The van der Waals surface area contributed by atoms with Gasteiger partial charge in [0.25, 0.3) is 0 Å². The largest absolute Gasteiger partial charge is 0.573 e. The van der Waals surface area contributed by atoms with Crippen LogP contribution in [0.1, 0.15) is 26.3 Å². The summed E-state index contributed by atoms with van der Waals surface area (Å²) in [6, 6.07) is 5.17. The average Bonchev–Trinajstić information content (AvgIpc) is 2.26. The van der Waals surface area contributed by atoms with Crippen molar-refractivity contribution in [2.45, 2.75) is 38.8 Å². The monoisotopic (exact) mass is 291 g/mol. The highest BCUT2D eigenvalue weighted by Gasteiger charge is 2.31. The van der Waals surface area contributed by atoms with E-state index in [0.29, 0.717) is 5.56 Å². The number of rotatable bonds is 4. The lowest BCUT2D eigenvalue weighted by Crippen LogP contribution is -2.45. The number of amides is 1. The molecular weight excluding hydrogens is 275 g/mol. The number of carbonyl (C=O) groups is 1. The number of aliphatic hydroxyl groups excluding tert-OH is 1. The first-order valence-corrected chi connectivity index (χ1v) is 5.87. The Morgan fingerprint density at radius 2 is 1.75 bits per heavy atom. The number of alkyl halides is 3. The Bertz CT molecular complexity index is 467. The zero-order chi connectivity index (χ0) is 15.6. The number of ether oxygens (including phenoxy) is 1. The molecule has 7 heteroatoms. The van der Waals surface area contributed by atoms with E-state index < -0.39 is 23.9 Å². The van der Waals surface area contributed by atoms with Crippen molar-refractivity contribution in [2.75, 3.05) is 0 Å². The molecule has 0 fully saturated rings. The smallest absolute Gasteiger partial charge is 0.406 e. The maximum absolute atomic E-state index is 12.0. The van der Waals surface area contributed by atoms with Crippen LogP contribution in [0.5, 0.6) is 5.75 Å². The maximum atomic E-state index is 12.0. The molecular formula is C13H16F3NO3. The van der Waals surface area contributed by atoms with Crippen LogP contribution in [0.2, 0.25) is 0 Å². The van der Waals surface area contributed by atoms with Crippen molar-refractivity contribution in [3.8, 4) is 5.75 Å². The van der Waals surface area contributed by atoms with Gasteiger partial charge in [-0.05, 0) is 38.5 Å². The van der Waals surface area contributed by atoms with E-state index in [0.717, 1.165) is 0 Å². The summed E-state index contributed by atoms with van der Waals surface area (Å²) < 4.78 is 39.9. The molecule has 2 N–H and O–H groups in total. The number of carbonyl (C=O) groups excluding carboxylic acids is 1. The zero-order valence-electron chi connectivity index (χ0n) is 11.3. The minimum absolute atomic E-state index is 0.334. The van der Waals surface area contributed by atoms with Gasteiger partial charge in [-0.1, -0.05) is 12.1 Å². The van der Waals surface area contributed by atoms with Crippen LogP contribution in [0.4, 0.5) is 13.2 Å². The van der Waals surface area contributed by atoms with E-state index in [9.17, 15) is 18.0 Å². The molecule has 4 nitrogen and oxygen atoms in total. The fourth-order valence-corrected chi connectivity index (χ4v) is 1.56. The molecule has 0 bridgehead atoms. The maximum Gasteiger partial charge on any atom is 0.573 e. The minimum atomic E-state index is -4.74. The quantitative estimate of drug-likeness (QED) is 0.895. The van der Waals surface area contributed by atoms with Crippen molar-refractivity contribution in [3.63, 3.8) is 0 Å². The Labute approximate surface area is 114 Å². The van der Waals surface area contributed by atoms with E-state index in [2.05, 4.69) is 10.1 Å². The van der Waals surface area contributed by atoms with Gasteiger partial charge >= 0.3 is 6.36 Å². The Kier molecular flexibility index (Phi) is 4.65. The van der Waals surface area contributed by atoms with E-state index in [1.807, 2.05) is 0 Å². The van der Waals surface area contributed by atoms with Gasteiger partial charge in [0.2, 0.25) is 5.91 Å². The molecule has 112 valence electrons. The van der Waals surface area contributed by atoms with Crippen molar-refractivity contribution in [1.82, 2.24) is 5.32 Å². The summed E-state index contributed by atoms with van der Waals surface area (Å²) in [7, 11) is 0. The van der Waals surface area contributed by atoms with E-state index in [-0.39, 0.29) is 5.75 Å². The SMILES string of the molecule is CC(O)C(=O)NC(C)(C)c1ccc(OC(F)(F)F)cc1. The van der Waals surface area contributed by atoms with Gasteiger partial charge in [0.15, 0.2) is 0 Å². The molecule has 1 atom stereocenters. The lowest BCUT2D eigenvalue weighted by molar-refractivity contribution is -0.274. The van der Waals surface area contributed by atoms with Gasteiger partial charge in [-0.2, -0.15) is 0 Å². The molecule has 0 aromatic heterocycles. The lowest BCUT2D eigenvalue weighted by Gasteiger charge is -2.27.